The fourth-order valence-corrected chi connectivity index (χ4v) is 0.947. The van der Waals surface area contributed by atoms with E-state index in [-0.39, 0.29) is 0 Å². The second kappa shape index (κ2) is 7.25. The Kier molecular flexibility index (Phi) is 6.46. The predicted molar refractivity (Wildman–Crippen MR) is 58.4 cm³/mol. The lowest BCUT2D eigenvalue weighted by atomic mass is 10.3. The van der Waals surface area contributed by atoms with Crippen molar-refractivity contribution in [3.63, 3.8) is 0 Å². The van der Waals surface area contributed by atoms with Crippen LogP contribution in [0.25, 0.3) is 12.2 Å². The highest BCUT2D eigenvalue weighted by molar-refractivity contribution is 5.36. The van der Waals surface area contributed by atoms with Gasteiger partial charge in [-0.05, 0) is 30.5 Å². The Morgan fingerprint density at radius 3 is 2.62 bits per heavy atom. The Morgan fingerprint density at radius 2 is 2.08 bits per heavy atom. The van der Waals surface area contributed by atoms with Gasteiger partial charge < -0.3 is 5.73 Å². The van der Waals surface area contributed by atoms with Crippen molar-refractivity contribution in [3.8, 4) is 0 Å². The molecule has 0 amide bonds. The summed E-state index contributed by atoms with van der Waals surface area (Å²) < 4.78 is 0. The highest BCUT2D eigenvalue weighted by atomic mass is 14.6. The molecule has 0 fully saturated rings. The molecule has 0 bridgehead atoms. The lowest BCUT2D eigenvalue weighted by Gasteiger charge is -1.85. The van der Waals surface area contributed by atoms with Gasteiger partial charge in [-0.3, -0.25) is 4.98 Å². The fraction of sp³-hybridized carbons (Fsp3) is 0.182. The normalized spacial score (nSPS) is 11.9. The number of pyridine rings is 1. The summed E-state index contributed by atoms with van der Waals surface area (Å²) in [6.07, 6.45) is 9.39. The van der Waals surface area contributed by atoms with Crippen LogP contribution in [0.15, 0.2) is 31.1 Å². The van der Waals surface area contributed by atoms with Crippen molar-refractivity contribution in [2.24, 2.45) is 5.73 Å². The summed E-state index contributed by atoms with van der Waals surface area (Å²) in [5, 5.41) is 2.31. The molecule has 2 N–H and O–H groups in total. The molecule has 0 aromatic carbocycles. The Bertz CT molecular complexity index is 353. The van der Waals surface area contributed by atoms with Gasteiger partial charge >= 0.3 is 0 Å². The van der Waals surface area contributed by atoms with Crippen LogP contribution in [0.2, 0.25) is 0 Å². The first-order valence-electron chi connectivity index (χ1n) is 4.15. The summed E-state index contributed by atoms with van der Waals surface area (Å²) in [5.41, 5.74) is 4.50. The molecule has 0 aliphatic carbocycles. The molecule has 13 heavy (non-hydrogen) atoms. The first kappa shape index (κ1) is 11.6. The van der Waals surface area contributed by atoms with Crippen molar-refractivity contribution in [2.75, 3.05) is 7.05 Å². The third-order valence-corrected chi connectivity index (χ3v) is 1.50. The first-order valence-corrected chi connectivity index (χ1v) is 4.15. The van der Waals surface area contributed by atoms with E-state index in [1.807, 2.05) is 25.3 Å². The van der Waals surface area contributed by atoms with Gasteiger partial charge in [-0.15, -0.1) is 0 Å². The Balaban J connectivity index is 0.000000671. The molecule has 0 spiro atoms. The highest BCUT2D eigenvalue weighted by Gasteiger charge is 1.79. The molecule has 0 atom stereocenters. The van der Waals surface area contributed by atoms with Gasteiger partial charge in [0.2, 0.25) is 0 Å². The molecule has 2 heteroatoms. The molecule has 1 heterocycles. The lowest BCUT2D eigenvalue weighted by molar-refractivity contribution is 1.27. The molecular weight excluding hydrogens is 160 g/mol. The summed E-state index contributed by atoms with van der Waals surface area (Å²) in [7, 11) is 1.50. The smallest absolute Gasteiger partial charge is 0.0346 e. The number of rotatable bonds is 1. The molecule has 1 aromatic rings. The number of nitrogens with zero attached hydrogens (tertiary/aromatic N) is 1. The molecule has 0 radical (unpaired) electrons. The van der Waals surface area contributed by atoms with Gasteiger partial charge in [0, 0.05) is 12.4 Å². The molecule has 1 aromatic heterocycles. The zero-order chi connectivity index (χ0) is 10.1. The fourth-order valence-electron chi connectivity index (χ4n) is 0.947. The summed E-state index contributed by atoms with van der Waals surface area (Å²) in [6.45, 7) is 5.64. The van der Waals surface area contributed by atoms with Crippen LogP contribution in [-0.4, -0.2) is 12.0 Å². The summed E-state index contributed by atoms with van der Waals surface area (Å²) >= 11 is 0. The average Bonchev–Trinajstić information content (AvgIpc) is 2.22. The minimum atomic E-state index is 1.12. The Labute approximate surface area is 79.1 Å². The Morgan fingerprint density at radius 1 is 1.38 bits per heavy atom. The minimum Gasteiger partial charge on any atom is -0.333 e. The van der Waals surface area contributed by atoms with E-state index in [1.165, 1.54) is 12.3 Å². The predicted octanol–water partition coefficient (Wildman–Crippen LogP) is 0.423. The van der Waals surface area contributed by atoms with Gasteiger partial charge in [-0.2, -0.15) is 0 Å². The number of hydrogen-bond acceptors (Lipinski definition) is 2. The largest absolute Gasteiger partial charge is 0.333 e. The average molecular weight is 176 g/mol. The summed E-state index contributed by atoms with van der Waals surface area (Å²) in [6, 6.07) is 1.98. The van der Waals surface area contributed by atoms with Gasteiger partial charge in [0.15, 0.2) is 0 Å². The van der Waals surface area contributed by atoms with Crippen molar-refractivity contribution in [1.29, 1.82) is 0 Å². The van der Waals surface area contributed by atoms with E-state index in [2.05, 4.69) is 23.4 Å². The van der Waals surface area contributed by atoms with E-state index < -0.39 is 0 Å². The van der Waals surface area contributed by atoms with E-state index in [4.69, 9.17) is 0 Å². The molecule has 2 nitrogen and oxygen atoms in total. The van der Waals surface area contributed by atoms with Crippen LogP contribution < -0.4 is 16.2 Å². The van der Waals surface area contributed by atoms with Crippen LogP contribution in [0.3, 0.4) is 0 Å². The molecule has 0 saturated carbocycles. The van der Waals surface area contributed by atoms with E-state index >= 15 is 0 Å². The standard InChI is InChI=1S/C10H11N.CH5N/c1-3-5-10-8-11-7-6-9(10)4-2;1-2/h3-8H,1H2,2H3;2H2,1H3/b9-4-,10-5-;. The highest BCUT2D eigenvalue weighted by Crippen LogP contribution is 1.67. The van der Waals surface area contributed by atoms with E-state index in [1.54, 1.807) is 12.3 Å². The zero-order valence-corrected chi connectivity index (χ0v) is 8.20. The SMILES string of the molecule is C=C/C=c1/cncc/c1=C/C.CN. The van der Waals surface area contributed by atoms with Crippen molar-refractivity contribution >= 4 is 12.2 Å². The maximum Gasteiger partial charge on any atom is 0.0346 e. The van der Waals surface area contributed by atoms with Crippen molar-refractivity contribution in [1.82, 2.24) is 4.98 Å². The van der Waals surface area contributed by atoms with Crippen molar-refractivity contribution < 1.29 is 0 Å². The van der Waals surface area contributed by atoms with Gasteiger partial charge in [-0.25, -0.2) is 0 Å². The number of aromatic nitrogens is 1. The maximum absolute atomic E-state index is 4.50. The van der Waals surface area contributed by atoms with E-state index in [0.29, 0.717) is 0 Å². The van der Waals surface area contributed by atoms with Crippen molar-refractivity contribution in [2.45, 2.75) is 6.92 Å². The summed E-state index contributed by atoms with van der Waals surface area (Å²) in [5.74, 6) is 0. The third kappa shape index (κ3) is 3.67. The van der Waals surface area contributed by atoms with Crippen LogP contribution in [0.4, 0.5) is 0 Å². The van der Waals surface area contributed by atoms with Crippen LogP contribution in [0.5, 0.6) is 0 Å². The Hall–Kier alpha value is -1.41. The van der Waals surface area contributed by atoms with Crippen LogP contribution >= 0.6 is 0 Å². The second-order valence-corrected chi connectivity index (χ2v) is 2.20. The van der Waals surface area contributed by atoms with Crippen LogP contribution in [0.1, 0.15) is 6.92 Å². The lowest BCUT2D eigenvalue weighted by Crippen LogP contribution is -2.23. The maximum atomic E-state index is 4.50. The van der Waals surface area contributed by atoms with E-state index in [0.717, 1.165) is 5.22 Å². The van der Waals surface area contributed by atoms with Crippen molar-refractivity contribution in [3.05, 3.63) is 41.6 Å². The van der Waals surface area contributed by atoms with E-state index in [9.17, 15) is 0 Å². The topological polar surface area (TPSA) is 38.9 Å². The van der Waals surface area contributed by atoms with Gasteiger partial charge in [0.05, 0.1) is 0 Å². The molecule has 0 aliphatic rings. The minimum absolute atomic E-state index is 1.12. The molecule has 0 aliphatic heterocycles. The first-order chi connectivity index (χ1) is 6.38. The molecular formula is C11H16N2. The quantitative estimate of drug-likeness (QED) is 0.673. The summed E-state index contributed by atoms with van der Waals surface area (Å²) in [4.78, 5) is 4.01. The second-order valence-electron chi connectivity index (χ2n) is 2.20. The van der Waals surface area contributed by atoms with Crippen LogP contribution in [0, 0.1) is 0 Å². The van der Waals surface area contributed by atoms with Gasteiger partial charge in [-0.1, -0.05) is 24.8 Å². The van der Waals surface area contributed by atoms with Gasteiger partial charge in [0.1, 0.15) is 0 Å². The van der Waals surface area contributed by atoms with Gasteiger partial charge in [0.25, 0.3) is 0 Å². The number of hydrogen-bond donors (Lipinski definition) is 1. The third-order valence-electron chi connectivity index (χ3n) is 1.50. The van der Waals surface area contributed by atoms with Crippen LogP contribution in [-0.2, 0) is 0 Å². The zero-order valence-electron chi connectivity index (χ0n) is 8.20. The number of allylic oxidation sites excluding steroid dienone is 1. The molecule has 1 rings (SSSR count). The number of nitrogens with two attached hydrogens (primary N) is 1. The molecule has 70 valence electrons. The monoisotopic (exact) mass is 176 g/mol. The molecule has 0 unspecified atom stereocenters. The molecule has 0 saturated heterocycles.